The fraction of sp³-hybridized carbons (Fsp3) is 0.375. The monoisotopic (exact) mass is 331 g/mol. The van der Waals surface area contributed by atoms with E-state index in [-0.39, 0.29) is 0 Å². The van der Waals surface area contributed by atoms with Crippen molar-refractivity contribution in [3.63, 3.8) is 0 Å². The lowest BCUT2D eigenvalue weighted by molar-refractivity contribution is 0.990. The van der Waals surface area contributed by atoms with Gasteiger partial charge in [-0.15, -0.1) is 0 Å². The Hall–Kier alpha value is -1.42. The molecule has 0 spiro atoms. The van der Waals surface area contributed by atoms with Gasteiger partial charge >= 0.3 is 0 Å². The lowest BCUT2D eigenvalue weighted by Gasteiger charge is -2.10. The minimum absolute atomic E-state index is 0.750. The average Bonchev–Trinajstić information content (AvgIpc) is 3.32. The standard InChI is InChI=1S/C16H18BrN3/c1-3-13-14(17)16(18-2)20-15(19-13)12-6-4-5-11(9-12)10-7-8-10/h4-6,9-10H,3,7-8H2,1-2H3,(H,18,19,20). The predicted octanol–water partition coefficient (Wildman–Crippen LogP) is 4.39. The van der Waals surface area contributed by atoms with E-state index in [1.165, 1.54) is 18.4 Å². The summed E-state index contributed by atoms with van der Waals surface area (Å²) in [4.78, 5) is 9.31. The quantitative estimate of drug-likeness (QED) is 0.902. The smallest absolute Gasteiger partial charge is 0.161 e. The van der Waals surface area contributed by atoms with Gasteiger partial charge in [0.2, 0.25) is 0 Å². The van der Waals surface area contributed by atoms with Crippen molar-refractivity contribution in [2.24, 2.45) is 0 Å². The highest BCUT2D eigenvalue weighted by Gasteiger charge is 2.23. The molecule has 1 N–H and O–H groups in total. The Kier molecular flexibility index (Phi) is 3.74. The molecule has 1 heterocycles. The van der Waals surface area contributed by atoms with Crippen molar-refractivity contribution in [2.75, 3.05) is 12.4 Å². The van der Waals surface area contributed by atoms with Crippen molar-refractivity contribution in [3.05, 3.63) is 40.0 Å². The van der Waals surface area contributed by atoms with Crippen LogP contribution in [-0.2, 0) is 6.42 Å². The first-order valence-electron chi connectivity index (χ1n) is 7.07. The fourth-order valence-electron chi connectivity index (χ4n) is 2.37. The first kappa shape index (κ1) is 13.6. The molecular weight excluding hydrogens is 314 g/mol. The third-order valence-corrected chi connectivity index (χ3v) is 4.52. The molecule has 0 radical (unpaired) electrons. The van der Waals surface area contributed by atoms with Crippen molar-refractivity contribution in [1.82, 2.24) is 9.97 Å². The van der Waals surface area contributed by atoms with Crippen LogP contribution in [0.5, 0.6) is 0 Å². The zero-order chi connectivity index (χ0) is 14.1. The number of hydrogen-bond acceptors (Lipinski definition) is 3. The van der Waals surface area contributed by atoms with E-state index in [1.54, 1.807) is 0 Å². The average molecular weight is 332 g/mol. The Morgan fingerprint density at radius 2 is 2.10 bits per heavy atom. The number of aryl methyl sites for hydroxylation is 1. The van der Waals surface area contributed by atoms with E-state index >= 15 is 0 Å². The van der Waals surface area contributed by atoms with E-state index in [4.69, 9.17) is 4.98 Å². The number of aromatic nitrogens is 2. The summed E-state index contributed by atoms with van der Waals surface area (Å²) in [6, 6.07) is 8.65. The SMILES string of the molecule is CCc1nc(-c2cccc(C3CC3)c2)nc(NC)c1Br. The molecule has 1 saturated carbocycles. The second-order valence-corrected chi connectivity index (χ2v) is 5.95. The Labute approximate surface area is 128 Å². The molecule has 0 unspecified atom stereocenters. The van der Waals surface area contributed by atoms with Crippen LogP contribution in [0.3, 0.4) is 0 Å². The van der Waals surface area contributed by atoms with E-state index < -0.39 is 0 Å². The minimum atomic E-state index is 0.750. The third kappa shape index (κ3) is 2.57. The van der Waals surface area contributed by atoms with E-state index in [0.717, 1.165) is 39.7 Å². The molecule has 1 aromatic carbocycles. The second-order valence-electron chi connectivity index (χ2n) is 5.16. The number of halogens is 1. The van der Waals surface area contributed by atoms with Gasteiger partial charge in [0, 0.05) is 12.6 Å². The lowest BCUT2D eigenvalue weighted by atomic mass is 10.1. The zero-order valence-electron chi connectivity index (χ0n) is 11.8. The molecule has 1 fully saturated rings. The van der Waals surface area contributed by atoms with Crippen LogP contribution in [0.1, 0.15) is 36.9 Å². The molecule has 0 aliphatic heterocycles. The molecule has 4 heteroatoms. The number of anilines is 1. The van der Waals surface area contributed by atoms with E-state index in [0.29, 0.717) is 0 Å². The predicted molar refractivity (Wildman–Crippen MR) is 86.1 cm³/mol. The highest BCUT2D eigenvalue weighted by Crippen LogP contribution is 2.41. The van der Waals surface area contributed by atoms with E-state index in [9.17, 15) is 0 Å². The third-order valence-electron chi connectivity index (χ3n) is 3.69. The summed E-state index contributed by atoms with van der Waals surface area (Å²) in [7, 11) is 1.89. The highest BCUT2D eigenvalue weighted by atomic mass is 79.9. The topological polar surface area (TPSA) is 37.8 Å². The maximum absolute atomic E-state index is 4.69. The molecule has 1 aliphatic rings. The summed E-state index contributed by atoms with van der Waals surface area (Å²) in [6.07, 6.45) is 3.51. The van der Waals surface area contributed by atoms with Crippen molar-refractivity contribution >= 4 is 21.7 Å². The van der Waals surface area contributed by atoms with E-state index in [2.05, 4.69) is 57.4 Å². The summed E-state index contributed by atoms with van der Waals surface area (Å²) in [5.74, 6) is 2.40. The van der Waals surface area contributed by atoms with Crippen LogP contribution < -0.4 is 5.32 Å². The summed E-state index contributed by atoms with van der Waals surface area (Å²) < 4.78 is 0.963. The largest absolute Gasteiger partial charge is 0.372 e. The molecule has 20 heavy (non-hydrogen) atoms. The molecule has 104 valence electrons. The number of hydrogen-bond donors (Lipinski definition) is 1. The number of benzene rings is 1. The van der Waals surface area contributed by atoms with Gasteiger partial charge in [0.1, 0.15) is 5.82 Å². The van der Waals surface area contributed by atoms with Gasteiger partial charge in [-0.25, -0.2) is 9.97 Å². The Morgan fingerprint density at radius 3 is 2.75 bits per heavy atom. The summed E-state index contributed by atoms with van der Waals surface area (Å²) in [5, 5.41) is 3.13. The van der Waals surface area contributed by atoms with Crippen LogP contribution in [0.25, 0.3) is 11.4 Å². The normalized spacial score (nSPS) is 14.3. The molecule has 0 amide bonds. The van der Waals surface area contributed by atoms with Gasteiger partial charge in [-0.2, -0.15) is 0 Å². The van der Waals surface area contributed by atoms with Gasteiger partial charge < -0.3 is 5.32 Å². The zero-order valence-corrected chi connectivity index (χ0v) is 13.4. The van der Waals surface area contributed by atoms with Crippen LogP contribution in [0.15, 0.2) is 28.7 Å². The number of rotatable bonds is 4. The van der Waals surface area contributed by atoms with Crippen molar-refractivity contribution in [1.29, 1.82) is 0 Å². The first-order chi connectivity index (χ1) is 9.72. The summed E-state index contributed by atoms with van der Waals surface area (Å²) in [6.45, 7) is 2.11. The molecule has 0 atom stereocenters. The molecule has 1 aliphatic carbocycles. The molecule has 0 saturated heterocycles. The molecule has 2 aromatic rings. The van der Waals surface area contributed by atoms with Crippen LogP contribution in [0.2, 0.25) is 0 Å². The van der Waals surface area contributed by atoms with Crippen LogP contribution in [0.4, 0.5) is 5.82 Å². The van der Waals surface area contributed by atoms with Crippen LogP contribution in [-0.4, -0.2) is 17.0 Å². The van der Waals surface area contributed by atoms with Crippen molar-refractivity contribution < 1.29 is 0 Å². The Morgan fingerprint density at radius 1 is 1.30 bits per heavy atom. The van der Waals surface area contributed by atoms with Gasteiger partial charge in [-0.1, -0.05) is 25.1 Å². The molecule has 0 bridgehead atoms. The second kappa shape index (κ2) is 5.52. The van der Waals surface area contributed by atoms with Gasteiger partial charge in [0.05, 0.1) is 10.2 Å². The lowest BCUT2D eigenvalue weighted by Crippen LogP contribution is -2.02. The van der Waals surface area contributed by atoms with Gasteiger partial charge in [-0.05, 0) is 52.7 Å². The Bertz CT molecular complexity index is 610. The van der Waals surface area contributed by atoms with Crippen LogP contribution >= 0.6 is 15.9 Å². The summed E-state index contributed by atoms with van der Waals surface area (Å²) in [5.41, 5.74) is 3.56. The Balaban J connectivity index is 2.06. The van der Waals surface area contributed by atoms with Crippen molar-refractivity contribution in [3.8, 4) is 11.4 Å². The highest BCUT2D eigenvalue weighted by molar-refractivity contribution is 9.10. The van der Waals surface area contributed by atoms with Gasteiger partial charge in [0.15, 0.2) is 5.82 Å². The minimum Gasteiger partial charge on any atom is -0.372 e. The molecule has 3 nitrogen and oxygen atoms in total. The maximum atomic E-state index is 4.69. The van der Waals surface area contributed by atoms with Crippen LogP contribution in [0, 0.1) is 0 Å². The number of nitrogens with one attached hydrogen (secondary N) is 1. The summed E-state index contributed by atoms with van der Waals surface area (Å²) >= 11 is 3.57. The van der Waals surface area contributed by atoms with Gasteiger partial charge in [0.25, 0.3) is 0 Å². The fourth-order valence-corrected chi connectivity index (χ4v) is 3.03. The van der Waals surface area contributed by atoms with E-state index in [1.807, 2.05) is 7.05 Å². The van der Waals surface area contributed by atoms with Gasteiger partial charge in [-0.3, -0.25) is 0 Å². The number of nitrogens with zero attached hydrogens (tertiary/aromatic N) is 2. The molecule has 1 aromatic heterocycles. The maximum Gasteiger partial charge on any atom is 0.161 e. The van der Waals surface area contributed by atoms with Crippen molar-refractivity contribution in [2.45, 2.75) is 32.1 Å². The first-order valence-corrected chi connectivity index (χ1v) is 7.86. The molecule has 3 rings (SSSR count). The molecular formula is C16H18BrN3.